The fourth-order valence-corrected chi connectivity index (χ4v) is 4.77. The lowest BCUT2D eigenvalue weighted by atomic mass is 10.0. The van der Waals surface area contributed by atoms with Gasteiger partial charge in [-0.05, 0) is 49.7 Å². The van der Waals surface area contributed by atoms with Crippen LogP contribution in [0.4, 0.5) is 11.4 Å². The summed E-state index contributed by atoms with van der Waals surface area (Å²) in [7, 11) is 0. The van der Waals surface area contributed by atoms with Crippen molar-refractivity contribution in [3.8, 4) is 22.9 Å². The quantitative estimate of drug-likeness (QED) is 0.523. The number of nitriles is 1. The lowest BCUT2D eigenvalue weighted by molar-refractivity contribution is -0.120. The lowest BCUT2D eigenvalue weighted by Crippen LogP contribution is -2.44. The number of anilines is 2. The largest absolute Gasteiger partial charge is 0.507 e. The zero-order chi connectivity index (χ0) is 22.3. The molecule has 0 aliphatic carbocycles. The molecule has 3 aromatic rings. The summed E-state index contributed by atoms with van der Waals surface area (Å²) in [5.74, 6) is -0.0488. The van der Waals surface area contributed by atoms with Gasteiger partial charge in [-0.1, -0.05) is 41.9 Å². The number of phenolic OH excluding ortho intramolecular Hbond substituents is 1. The number of carbonyl (C=O) groups is 1. The van der Waals surface area contributed by atoms with E-state index in [1.54, 1.807) is 24.3 Å². The van der Waals surface area contributed by atoms with E-state index in [1.165, 1.54) is 4.90 Å². The van der Waals surface area contributed by atoms with Gasteiger partial charge in [-0.2, -0.15) is 5.26 Å². The average molecular weight is 450 g/mol. The molecule has 1 heterocycles. The van der Waals surface area contributed by atoms with Crippen LogP contribution in [0.5, 0.6) is 5.75 Å². The number of phenols is 1. The van der Waals surface area contributed by atoms with Crippen molar-refractivity contribution in [2.75, 3.05) is 9.80 Å². The Kier molecular flexibility index (Phi) is 5.34. The van der Waals surface area contributed by atoms with Crippen LogP contribution in [-0.4, -0.2) is 22.1 Å². The molecule has 5 nitrogen and oxygen atoms in total. The molecule has 0 aromatic heterocycles. The fraction of sp³-hybridized carbons (Fsp3) is 0.167. The van der Waals surface area contributed by atoms with Crippen LogP contribution in [0.15, 0.2) is 66.7 Å². The first-order valence-corrected chi connectivity index (χ1v) is 10.5. The molecule has 3 aromatic carbocycles. The molecule has 1 aliphatic heterocycles. The predicted octanol–water partition coefficient (Wildman–Crippen LogP) is 5.43. The molecule has 31 heavy (non-hydrogen) atoms. The fourth-order valence-electron chi connectivity index (χ4n) is 3.89. The van der Waals surface area contributed by atoms with Crippen molar-refractivity contribution in [3.05, 3.63) is 77.3 Å². The van der Waals surface area contributed by atoms with E-state index < -0.39 is 11.0 Å². The van der Waals surface area contributed by atoms with E-state index in [4.69, 9.17) is 29.5 Å². The van der Waals surface area contributed by atoms with Gasteiger partial charge in [0.2, 0.25) is 0 Å². The summed E-state index contributed by atoms with van der Waals surface area (Å²) in [6.45, 7) is 3.62. The Morgan fingerprint density at radius 1 is 1.06 bits per heavy atom. The number of thiol groups is 1. The summed E-state index contributed by atoms with van der Waals surface area (Å²) in [4.78, 5) is 16.7. The Balaban J connectivity index is 1.74. The van der Waals surface area contributed by atoms with Crippen LogP contribution in [0, 0.1) is 11.3 Å². The minimum atomic E-state index is -0.923. The van der Waals surface area contributed by atoms with Gasteiger partial charge < -0.3 is 10.0 Å². The smallest absolute Gasteiger partial charge is 0.254 e. The van der Waals surface area contributed by atoms with Crippen LogP contribution in [0.3, 0.4) is 0 Å². The van der Waals surface area contributed by atoms with Gasteiger partial charge in [0, 0.05) is 23.0 Å². The van der Waals surface area contributed by atoms with E-state index >= 15 is 0 Å². The summed E-state index contributed by atoms with van der Waals surface area (Å²) in [5.41, 5.74) is 1.61. The molecular formula is C24H20ClN3O2S. The highest BCUT2D eigenvalue weighted by Gasteiger charge is 2.51. The normalized spacial score (nSPS) is 17.6. The number of halogens is 1. The molecule has 0 saturated carbocycles. The van der Waals surface area contributed by atoms with Crippen molar-refractivity contribution in [2.24, 2.45) is 0 Å². The zero-order valence-electron chi connectivity index (χ0n) is 17.0. The SMILES string of the molecule is CC1(C)C(=O)N(c2ccc(C#N)c(Cl)c2)C(S)N1c1ccc(-c2ccccc2)c(O)c1. The Morgan fingerprint density at radius 3 is 2.35 bits per heavy atom. The van der Waals surface area contributed by atoms with Crippen molar-refractivity contribution in [1.82, 2.24) is 0 Å². The summed E-state index contributed by atoms with van der Waals surface area (Å²) in [5, 5.41) is 20.1. The maximum atomic E-state index is 13.3. The molecule has 0 radical (unpaired) electrons. The van der Waals surface area contributed by atoms with Gasteiger partial charge in [0.05, 0.1) is 10.6 Å². The molecule has 156 valence electrons. The maximum Gasteiger partial charge on any atom is 0.254 e. The van der Waals surface area contributed by atoms with Crippen LogP contribution in [0.25, 0.3) is 11.1 Å². The molecule has 1 saturated heterocycles. The zero-order valence-corrected chi connectivity index (χ0v) is 18.6. The van der Waals surface area contributed by atoms with Crippen LogP contribution >= 0.6 is 24.2 Å². The van der Waals surface area contributed by atoms with Gasteiger partial charge in [0.1, 0.15) is 17.4 Å². The number of carbonyl (C=O) groups excluding carboxylic acids is 1. The monoisotopic (exact) mass is 449 g/mol. The van der Waals surface area contributed by atoms with Crippen LogP contribution in [0.1, 0.15) is 19.4 Å². The van der Waals surface area contributed by atoms with Crippen molar-refractivity contribution in [1.29, 1.82) is 5.26 Å². The molecule has 0 spiro atoms. The van der Waals surface area contributed by atoms with Gasteiger partial charge >= 0.3 is 0 Å². The van der Waals surface area contributed by atoms with Crippen molar-refractivity contribution in [3.63, 3.8) is 0 Å². The second-order valence-corrected chi connectivity index (χ2v) is 8.66. The standard InChI is InChI=1S/C24H20ClN3O2S/c1-24(2)22(30)27(17-9-8-16(14-26)20(25)12-17)23(31)28(24)18-10-11-19(21(29)13-18)15-6-4-3-5-7-15/h3-13,23,29,31H,1-2H3. The number of aromatic hydroxyl groups is 1. The molecule has 1 fully saturated rings. The third-order valence-electron chi connectivity index (χ3n) is 5.50. The number of rotatable bonds is 3. The minimum Gasteiger partial charge on any atom is -0.507 e. The molecule has 1 atom stereocenters. The first-order chi connectivity index (χ1) is 14.8. The van der Waals surface area contributed by atoms with Gasteiger partial charge in [0.15, 0.2) is 5.50 Å². The number of nitrogens with zero attached hydrogens (tertiary/aromatic N) is 3. The molecule has 1 aliphatic rings. The maximum absolute atomic E-state index is 13.3. The molecule has 1 N–H and O–H groups in total. The summed E-state index contributed by atoms with van der Waals surface area (Å²) in [6, 6.07) is 21.8. The number of amides is 1. The number of hydrogen-bond acceptors (Lipinski definition) is 5. The van der Waals surface area contributed by atoms with Gasteiger partial charge in [0.25, 0.3) is 5.91 Å². The molecule has 0 bridgehead atoms. The summed E-state index contributed by atoms with van der Waals surface area (Å²) < 4.78 is 0. The second-order valence-electron chi connectivity index (χ2n) is 7.79. The molecule has 7 heteroatoms. The topological polar surface area (TPSA) is 67.6 Å². The van der Waals surface area contributed by atoms with E-state index in [-0.39, 0.29) is 16.7 Å². The van der Waals surface area contributed by atoms with Crippen LogP contribution in [-0.2, 0) is 4.79 Å². The highest BCUT2D eigenvalue weighted by Crippen LogP contribution is 2.43. The Hall–Kier alpha value is -3.14. The minimum absolute atomic E-state index is 0.118. The highest BCUT2D eigenvalue weighted by atomic mass is 35.5. The number of benzene rings is 3. The Bertz CT molecular complexity index is 1210. The molecule has 1 amide bonds. The van der Waals surface area contributed by atoms with E-state index in [9.17, 15) is 9.90 Å². The van der Waals surface area contributed by atoms with E-state index in [1.807, 2.05) is 67.3 Å². The van der Waals surface area contributed by atoms with Gasteiger partial charge in [-0.3, -0.25) is 9.69 Å². The predicted molar refractivity (Wildman–Crippen MR) is 127 cm³/mol. The van der Waals surface area contributed by atoms with Crippen LogP contribution < -0.4 is 9.80 Å². The molecule has 1 unspecified atom stereocenters. The lowest BCUT2D eigenvalue weighted by Gasteiger charge is -2.33. The van der Waals surface area contributed by atoms with Gasteiger partial charge in [-0.25, -0.2) is 0 Å². The van der Waals surface area contributed by atoms with Crippen molar-refractivity contribution < 1.29 is 9.90 Å². The molecule has 4 rings (SSSR count). The van der Waals surface area contributed by atoms with Gasteiger partial charge in [-0.15, -0.1) is 12.6 Å². The Labute approximate surface area is 191 Å². The number of hydrogen-bond donors (Lipinski definition) is 2. The first kappa shape index (κ1) is 21.1. The third-order valence-corrected chi connectivity index (χ3v) is 6.28. The second kappa shape index (κ2) is 7.84. The van der Waals surface area contributed by atoms with E-state index in [2.05, 4.69) is 0 Å². The van der Waals surface area contributed by atoms with E-state index in [0.29, 0.717) is 22.5 Å². The van der Waals surface area contributed by atoms with E-state index in [0.717, 1.165) is 5.56 Å². The Morgan fingerprint density at radius 2 is 1.74 bits per heavy atom. The van der Waals surface area contributed by atoms with Crippen molar-refractivity contribution >= 4 is 41.5 Å². The first-order valence-electron chi connectivity index (χ1n) is 9.65. The highest BCUT2D eigenvalue weighted by molar-refractivity contribution is 7.81. The van der Waals surface area contributed by atoms with Crippen molar-refractivity contribution in [2.45, 2.75) is 24.9 Å². The molecular weight excluding hydrogens is 430 g/mol. The average Bonchev–Trinajstić information content (AvgIpc) is 2.92. The van der Waals surface area contributed by atoms with Crippen LogP contribution in [0.2, 0.25) is 5.02 Å². The third kappa shape index (κ3) is 3.50. The summed E-state index contributed by atoms with van der Waals surface area (Å²) >= 11 is 10.9. The summed E-state index contributed by atoms with van der Waals surface area (Å²) in [6.07, 6.45) is 0.